The molecule has 19 heavy (non-hydrogen) atoms. The molecule has 0 saturated carbocycles. The molecule has 1 aromatic carbocycles. The van der Waals surface area contributed by atoms with Crippen LogP contribution in [0.15, 0.2) is 24.3 Å². The molecule has 1 N–H and O–H groups in total. The van der Waals surface area contributed by atoms with Crippen LogP contribution < -0.4 is 5.32 Å². The number of benzene rings is 1. The number of carbonyl (C=O) groups excluding carboxylic acids is 1. The summed E-state index contributed by atoms with van der Waals surface area (Å²) in [6.07, 6.45) is 4.85. The highest BCUT2D eigenvalue weighted by molar-refractivity contribution is 5.84. The van der Waals surface area contributed by atoms with Crippen LogP contribution in [-0.4, -0.2) is 30.4 Å². The van der Waals surface area contributed by atoms with Crippen LogP contribution in [0.3, 0.4) is 0 Å². The number of hydrogen-bond donors (Lipinski definition) is 1. The summed E-state index contributed by atoms with van der Waals surface area (Å²) in [4.78, 5) is 14.8. The number of hydrogen-bond acceptors (Lipinski definition) is 2. The number of nitrogens with one attached hydrogen (secondary N) is 1. The van der Waals surface area contributed by atoms with Gasteiger partial charge in [0.05, 0.1) is 5.92 Å². The summed E-state index contributed by atoms with van der Waals surface area (Å²) < 4.78 is 0. The van der Waals surface area contributed by atoms with E-state index in [4.69, 9.17) is 0 Å². The van der Waals surface area contributed by atoms with Gasteiger partial charge in [0.2, 0.25) is 5.91 Å². The van der Waals surface area contributed by atoms with E-state index in [9.17, 15) is 4.79 Å². The molecule has 3 rings (SSSR count). The van der Waals surface area contributed by atoms with Crippen molar-refractivity contribution in [3.05, 3.63) is 35.4 Å². The third-order valence-corrected chi connectivity index (χ3v) is 4.31. The lowest BCUT2D eigenvalue weighted by Gasteiger charge is -2.30. The van der Waals surface area contributed by atoms with Crippen molar-refractivity contribution in [3.8, 4) is 0 Å². The van der Waals surface area contributed by atoms with E-state index in [-0.39, 0.29) is 5.92 Å². The van der Waals surface area contributed by atoms with Crippen LogP contribution in [0, 0.1) is 0 Å². The van der Waals surface area contributed by atoms with Gasteiger partial charge in [-0.3, -0.25) is 4.79 Å². The molecule has 1 aromatic rings. The molecule has 1 unspecified atom stereocenters. The van der Waals surface area contributed by atoms with Gasteiger partial charge in [-0.25, -0.2) is 0 Å². The van der Waals surface area contributed by atoms with Crippen molar-refractivity contribution in [1.82, 2.24) is 10.2 Å². The molecule has 2 heterocycles. The van der Waals surface area contributed by atoms with Crippen LogP contribution in [0.1, 0.15) is 42.7 Å². The maximum absolute atomic E-state index is 12.8. The topological polar surface area (TPSA) is 32.3 Å². The van der Waals surface area contributed by atoms with Crippen molar-refractivity contribution < 1.29 is 4.79 Å². The minimum Gasteiger partial charge on any atom is -0.342 e. The molecule has 1 saturated heterocycles. The number of amides is 1. The third-order valence-electron chi connectivity index (χ3n) is 4.31. The predicted octanol–water partition coefficient (Wildman–Crippen LogP) is 2.28. The van der Waals surface area contributed by atoms with Gasteiger partial charge in [-0.05, 0) is 24.0 Å². The number of likely N-dealkylation sites (tertiary alicyclic amines) is 1. The van der Waals surface area contributed by atoms with Crippen molar-refractivity contribution in [1.29, 1.82) is 0 Å². The zero-order chi connectivity index (χ0) is 13.1. The van der Waals surface area contributed by atoms with Crippen LogP contribution in [0.25, 0.3) is 0 Å². The Bertz CT molecular complexity index is 450. The Morgan fingerprint density at radius 2 is 1.84 bits per heavy atom. The normalized spacial score (nSPS) is 23.6. The first-order chi connectivity index (χ1) is 9.36. The number of carbonyl (C=O) groups is 1. The van der Waals surface area contributed by atoms with Gasteiger partial charge in [0, 0.05) is 26.2 Å². The maximum Gasteiger partial charge on any atom is 0.231 e. The SMILES string of the molecule is O=C(C1CNCc2ccccc21)N1CCCCCC1. The summed E-state index contributed by atoms with van der Waals surface area (Å²) in [5.74, 6) is 0.338. The fraction of sp³-hybridized carbons (Fsp3) is 0.562. The van der Waals surface area contributed by atoms with Gasteiger partial charge in [-0.2, -0.15) is 0 Å². The molecule has 3 nitrogen and oxygen atoms in total. The molecular formula is C16H22N2O. The average Bonchev–Trinajstić information content (AvgIpc) is 2.75. The van der Waals surface area contributed by atoms with E-state index in [1.54, 1.807) is 0 Å². The predicted molar refractivity (Wildman–Crippen MR) is 75.9 cm³/mol. The van der Waals surface area contributed by atoms with Crippen LogP contribution in [0.4, 0.5) is 0 Å². The first kappa shape index (κ1) is 12.7. The van der Waals surface area contributed by atoms with E-state index >= 15 is 0 Å². The Balaban J connectivity index is 1.80. The fourth-order valence-electron chi connectivity index (χ4n) is 3.23. The summed E-state index contributed by atoms with van der Waals surface area (Å²) >= 11 is 0. The Morgan fingerprint density at radius 1 is 1.11 bits per heavy atom. The average molecular weight is 258 g/mol. The van der Waals surface area contributed by atoms with Gasteiger partial charge in [0.25, 0.3) is 0 Å². The molecule has 0 aliphatic carbocycles. The Morgan fingerprint density at radius 3 is 2.63 bits per heavy atom. The van der Waals surface area contributed by atoms with Crippen molar-refractivity contribution in [3.63, 3.8) is 0 Å². The molecule has 0 bridgehead atoms. The first-order valence-corrected chi connectivity index (χ1v) is 7.43. The van der Waals surface area contributed by atoms with Crippen LogP contribution >= 0.6 is 0 Å². The summed E-state index contributed by atoms with van der Waals surface area (Å²) in [6.45, 7) is 3.56. The van der Waals surface area contributed by atoms with Crippen molar-refractivity contribution in [2.75, 3.05) is 19.6 Å². The molecule has 102 valence electrons. The molecule has 0 aromatic heterocycles. The zero-order valence-corrected chi connectivity index (χ0v) is 11.4. The minimum absolute atomic E-state index is 0.0167. The molecule has 0 radical (unpaired) electrons. The lowest BCUT2D eigenvalue weighted by atomic mass is 9.89. The number of fused-ring (bicyclic) bond motifs is 1. The van der Waals surface area contributed by atoms with Crippen molar-refractivity contribution in [2.45, 2.75) is 38.1 Å². The zero-order valence-electron chi connectivity index (χ0n) is 11.4. The van der Waals surface area contributed by atoms with Gasteiger partial charge in [-0.1, -0.05) is 37.1 Å². The van der Waals surface area contributed by atoms with Crippen LogP contribution in [0.5, 0.6) is 0 Å². The highest BCUT2D eigenvalue weighted by atomic mass is 16.2. The second-order valence-electron chi connectivity index (χ2n) is 5.62. The molecule has 2 aliphatic heterocycles. The van der Waals surface area contributed by atoms with E-state index in [0.717, 1.165) is 39.0 Å². The first-order valence-electron chi connectivity index (χ1n) is 7.43. The van der Waals surface area contributed by atoms with Crippen LogP contribution in [-0.2, 0) is 11.3 Å². The molecule has 3 heteroatoms. The van der Waals surface area contributed by atoms with E-state index in [0.29, 0.717) is 5.91 Å². The maximum atomic E-state index is 12.8. The van der Waals surface area contributed by atoms with E-state index in [1.165, 1.54) is 24.0 Å². The number of rotatable bonds is 1. The van der Waals surface area contributed by atoms with Crippen molar-refractivity contribution >= 4 is 5.91 Å². The van der Waals surface area contributed by atoms with Crippen molar-refractivity contribution in [2.24, 2.45) is 0 Å². The Hall–Kier alpha value is -1.35. The third kappa shape index (κ3) is 2.66. The van der Waals surface area contributed by atoms with Gasteiger partial charge >= 0.3 is 0 Å². The molecule has 1 amide bonds. The van der Waals surface area contributed by atoms with Crippen LogP contribution in [0.2, 0.25) is 0 Å². The largest absolute Gasteiger partial charge is 0.342 e. The second kappa shape index (κ2) is 5.74. The lowest BCUT2D eigenvalue weighted by molar-refractivity contribution is -0.132. The smallest absolute Gasteiger partial charge is 0.231 e. The highest BCUT2D eigenvalue weighted by Crippen LogP contribution is 2.26. The summed E-state index contributed by atoms with van der Waals surface area (Å²) in [5.41, 5.74) is 2.51. The fourth-order valence-corrected chi connectivity index (χ4v) is 3.23. The number of nitrogens with zero attached hydrogens (tertiary/aromatic N) is 1. The molecule has 1 fully saturated rings. The summed E-state index contributed by atoms with van der Waals surface area (Å²) in [6, 6.07) is 8.35. The summed E-state index contributed by atoms with van der Waals surface area (Å²) in [5, 5.41) is 3.38. The quantitative estimate of drug-likeness (QED) is 0.838. The monoisotopic (exact) mass is 258 g/mol. The Labute approximate surface area is 115 Å². The molecule has 0 spiro atoms. The standard InChI is InChI=1S/C16H22N2O/c19-16(18-9-5-1-2-6-10-18)15-12-17-11-13-7-3-4-8-14(13)15/h3-4,7-8,15,17H,1-2,5-6,9-12H2. The molecular weight excluding hydrogens is 236 g/mol. The van der Waals surface area contributed by atoms with Gasteiger partial charge in [-0.15, -0.1) is 0 Å². The second-order valence-corrected chi connectivity index (χ2v) is 5.62. The Kier molecular flexibility index (Phi) is 3.83. The van der Waals surface area contributed by atoms with E-state index in [1.807, 2.05) is 6.07 Å². The highest BCUT2D eigenvalue weighted by Gasteiger charge is 2.29. The van der Waals surface area contributed by atoms with Gasteiger partial charge in [0.1, 0.15) is 0 Å². The van der Waals surface area contributed by atoms with E-state index < -0.39 is 0 Å². The summed E-state index contributed by atoms with van der Waals surface area (Å²) in [7, 11) is 0. The lowest BCUT2D eigenvalue weighted by Crippen LogP contribution is -2.42. The molecule has 2 aliphatic rings. The minimum atomic E-state index is 0.0167. The molecule has 1 atom stereocenters. The van der Waals surface area contributed by atoms with Gasteiger partial charge < -0.3 is 10.2 Å². The van der Waals surface area contributed by atoms with Gasteiger partial charge in [0.15, 0.2) is 0 Å². The van der Waals surface area contributed by atoms with E-state index in [2.05, 4.69) is 28.4 Å².